The van der Waals surface area contributed by atoms with Crippen LogP contribution in [0.1, 0.15) is 11.4 Å². The van der Waals surface area contributed by atoms with E-state index in [-0.39, 0.29) is 37.4 Å². The number of aryl methyl sites for hydroxylation is 1. The van der Waals surface area contributed by atoms with Gasteiger partial charge < -0.3 is 9.84 Å². The molecule has 2 heterocycles. The Balaban J connectivity index is 2.22. The molecule has 3 rings (SSSR count). The van der Waals surface area contributed by atoms with E-state index in [1.165, 1.54) is 6.92 Å². The molecule has 0 amide bonds. The highest BCUT2D eigenvalue weighted by Gasteiger charge is 2.35. The topological polar surface area (TPSA) is 102 Å². The molecule has 13 heteroatoms. The normalized spacial score (nSPS) is 11.7. The molecular weight excluding hydrogens is 424 g/mol. The third-order valence-corrected chi connectivity index (χ3v) is 4.23. The maximum absolute atomic E-state index is 14.4. The number of nitrogens with one attached hydrogen (secondary N) is 1. The van der Waals surface area contributed by atoms with Crippen LogP contribution in [0.5, 0.6) is 17.4 Å². The number of hydrogen-bond acceptors (Lipinski definition) is 5. The van der Waals surface area contributed by atoms with Crippen LogP contribution in [0.3, 0.4) is 0 Å². The molecule has 0 saturated carbocycles. The van der Waals surface area contributed by atoms with Gasteiger partial charge in [-0.15, -0.1) is 5.10 Å². The van der Waals surface area contributed by atoms with Crippen molar-refractivity contribution in [2.24, 2.45) is 7.05 Å². The molecule has 0 unspecified atom stereocenters. The quantitative estimate of drug-likeness (QED) is 0.617. The van der Waals surface area contributed by atoms with Crippen LogP contribution in [0.4, 0.5) is 17.6 Å². The lowest BCUT2D eigenvalue weighted by Crippen LogP contribution is -2.41. The van der Waals surface area contributed by atoms with Crippen molar-refractivity contribution in [3.63, 3.8) is 0 Å². The summed E-state index contributed by atoms with van der Waals surface area (Å²) in [4.78, 5) is 24.5. The van der Waals surface area contributed by atoms with Crippen molar-refractivity contribution in [1.29, 1.82) is 0 Å². The van der Waals surface area contributed by atoms with Gasteiger partial charge in [0, 0.05) is 19.2 Å². The Hall–Kier alpha value is -3.28. The van der Waals surface area contributed by atoms with Crippen molar-refractivity contribution < 1.29 is 27.4 Å². The van der Waals surface area contributed by atoms with Gasteiger partial charge in [0.1, 0.15) is 17.3 Å². The maximum Gasteiger partial charge on any atom is 0.431 e. The number of hydrogen-bond donors (Lipinski definition) is 2. The number of rotatable bonds is 3. The predicted molar refractivity (Wildman–Crippen MR) is 92.3 cm³/mol. The molecule has 2 aromatic heterocycles. The van der Waals surface area contributed by atoms with Crippen molar-refractivity contribution in [2.45, 2.75) is 13.1 Å². The van der Waals surface area contributed by atoms with Gasteiger partial charge >= 0.3 is 11.9 Å². The minimum atomic E-state index is -4.96. The van der Waals surface area contributed by atoms with Gasteiger partial charge in [0.15, 0.2) is 0 Å². The van der Waals surface area contributed by atoms with Gasteiger partial charge in [-0.3, -0.25) is 14.5 Å². The maximum atomic E-state index is 14.4. The fourth-order valence-electron chi connectivity index (χ4n) is 2.53. The van der Waals surface area contributed by atoms with Gasteiger partial charge in [0.25, 0.3) is 11.4 Å². The van der Waals surface area contributed by atoms with E-state index in [0.717, 1.165) is 13.1 Å². The number of halogens is 5. The standard InChI is InChI=1S/C16H11ClF4N4O4/c1-6-13(14(27)23-22-6)29-10-4-9(8(18)3-7(10)17)25-12(26)5-11(16(19,20)21)24(2)15(25)28/h3-5H,1-2H3,(H2,22,23,27). The molecule has 3 aromatic rings. The SMILES string of the molecule is Cc1[nH]nc(O)c1Oc1cc(-n2c(=O)cc(C(F)(F)F)n(C)c2=O)c(F)cc1Cl. The highest BCUT2D eigenvalue weighted by atomic mass is 35.5. The molecule has 0 aliphatic heterocycles. The zero-order valence-corrected chi connectivity index (χ0v) is 15.4. The third kappa shape index (κ3) is 3.58. The molecule has 8 nitrogen and oxygen atoms in total. The van der Waals surface area contributed by atoms with Gasteiger partial charge in [-0.25, -0.2) is 13.8 Å². The molecule has 0 atom stereocenters. The lowest BCUT2D eigenvalue weighted by atomic mass is 10.2. The van der Waals surface area contributed by atoms with Crippen molar-refractivity contribution >= 4 is 11.6 Å². The van der Waals surface area contributed by atoms with Crippen LogP contribution >= 0.6 is 11.6 Å². The van der Waals surface area contributed by atoms with Crippen molar-refractivity contribution in [3.05, 3.63) is 61.3 Å². The number of alkyl halides is 3. The number of aromatic hydroxyl groups is 1. The van der Waals surface area contributed by atoms with Gasteiger partial charge in [0.2, 0.25) is 5.75 Å². The van der Waals surface area contributed by atoms with Crippen molar-refractivity contribution in [1.82, 2.24) is 19.3 Å². The van der Waals surface area contributed by atoms with Gasteiger partial charge in [-0.1, -0.05) is 11.6 Å². The van der Waals surface area contributed by atoms with E-state index in [4.69, 9.17) is 16.3 Å². The molecule has 0 radical (unpaired) electrons. The Labute approximate surface area is 163 Å². The van der Waals surface area contributed by atoms with Gasteiger partial charge in [-0.05, 0) is 13.0 Å². The lowest BCUT2D eigenvalue weighted by molar-refractivity contribution is -0.144. The number of aromatic amines is 1. The van der Waals surface area contributed by atoms with E-state index in [0.29, 0.717) is 6.07 Å². The first-order chi connectivity index (χ1) is 13.4. The zero-order valence-electron chi connectivity index (χ0n) is 14.6. The summed E-state index contributed by atoms with van der Waals surface area (Å²) in [5, 5.41) is 15.3. The third-order valence-electron chi connectivity index (χ3n) is 3.94. The Kier molecular flexibility index (Phi) is 4.91. The number of benzene rings is 1. The van der Waals surface area contributed by atoms with Crippen LogP contribution < -0.4 is 16.0 Å². The van der Waals surface area contributed by atoms with Crippen molar-refractivity contribution in [2.75, 3.05) is 0 Å². The van der Waals surface area contributed by atoms with E-state index in [2.05, 4.69) is 10.2 Å². The van der Waals surface area contributed by atoms with Crippen molar-refractivity contribution in [3.8, 4) is 23.1 Å². The molecule has 1 aromatic carbocycles. The molecule has 154 valence electrons. The molecule has 0 bridgehead atoms. The molecule has 0 saturated heterocycles. The van der Waals surface area contributed by atoms with E-state index in [1.807, 2.05) is 0 Å². The van der Waals surface area contributed by atoms with Crippen LogP contribution in [-0.2, 0) is 13.2 Å². The fourth-order valence-corrected chi connectivity index (χ4v) is 2.71. The summed E-state index contributed by atoms with van der Waals surface area (Å²) in [6.45, 7) is 1.50. The smallest absolute Gasteiger partial charge is 0.431 e. The summed E-state index contributed by atoms with van der Waals surface area (Å²) in [6, 6.07) is 1.73. The van der Waals surface area contributed by atoms with E-state index in [9.17, 15) is 32.3 Å². The van der Waals surface area contributed by atoms with E-state index < -0.39 is 40.5 Å². The average molecular weight is 435 g/mol. The van der Waals surface area contributed by atoms with Gasteiger partial charge in [0.05, 0.1) is 16.4 Å². The van der Waals surface area contributed by atoms with Crippen LogP contribution in [0.25, 0.3) is 5.69 Å². The summed E-state index contributed by atoms with van der Waals surface area (Å²) >= 11 is 5.91. The molecule has 0 aliphatic carbocycles. The summed E-state index contributed by atoms with van der Waals surface area (Å²) in [6.07, 6.45) is -4.96. The molecule has 0 fully saturated rings. The lowest BCUT2D eigenvalue weighted by Gasteiger charge is -2.15. The van der Waals surface area contributed by atoms with Crippen LogP contribution in [-0.4, -0.2) is 24.4 Å². The number of ether oxygens (including phenoxy) is 1. The molecule has 0 aliphatic rings. The first-order valence-electron chi connectivity index (χ1n) is 7.73. The summed E-state index contributed by atoms with van der Waals surface area (Å²) in [5.74, 6) is -2.13. The first kappa shape index (κ1) is 20.5. The molecular formula is C16H11ClF4N4O4. The Morgan fingerprint density at radius 1 is 1.24 bits per heavy atom. The zero-order chi connectivity index (χ0) is 21.7. The van der Waals surface area contributed by atoms with Crippen LogP contribution in [0.2, 0.25) is 5.02 Å². The second kappa shape index (κ2) is 6.95. The highest BCUT2D eigenvalue weighted by Crippen LogP contribution is 2.37. The average Bonchev–Trinajstić information content (AvgIpc) is 2.92. The largest absolute Gasteiger partial charge is 0.490 e. The number of aromatic nitrogens is 4. The highest BCUT2D eigenvalue weighted by molar-refractivity contribution is 6.32. The summed E-state index contributed by atoms with van der Waals surface area (Å²) < 4.78 is 59.1. The Morgan fingerprint density at radius 3 is 2.45 bits per heavy atom. The first-order valence-corrected chi connectivity index (χ1v) is 8.11. The summed E-state index contributed by atoms with van der Waals surface area (Å²) in [5.41, 5.74) is -4.74. The predicted octanol–water partition coefficient (Wildman–Crippen LogP) is 2.88. The van der Waals surface area contributed by atoms with Gasteiger partial charge in [-0.2, -0.15) is 13.2 Å². The van der Waals surface area contributed by atoms with E-state index >= 15 is 0 Å². The second-order valence-electron chi connectivity index (χ2n) is 5.88. The number of nitrogens with zero attached hydrogens (tertiary/aromatic N) is 3. The minimum absolute atomic E-state index is 0.155. The molecule has 0 spiro atoms. The van der Waals surface area contributed by atoms with E-state index in [1.54, 1.807) is 0 Å². The molecule has 29 heavy (non-hydrogen) atoms. The minimum Gasteiger partial charge on any atom is -0.490 e. The Bertz CT molecular complexity index is 1210. The Morgan fingerprint density at radius 2 is 1.90 bits per heavy atom. The van der Waals surface area contributed by atoms with Crippen LogP contribution in [0, 0.1) is 12.7 Å². The van der Waals surface area contributed by atoms with Crippen LogP contribution in [0.15, 0.2) is 27.8 Å². The second-order valence-corrected chi connectivity index (χ2v) is 6.29. The molecule has 2 N–H and O–H groups in total. The summed E-state index contributed by atoms with van der Waals surface area (Å²) in [7, 11) is 0.791. The number of H-pyrrole nitrogens is 1. The fraction of sp³-hybridized carbons (Fsp3) is 0.188. The monoisotopic (exact) mass is 434 g/mol.